The zero-order chi connectivity index (χ0) is 14.3. The molecular formula is C14H27N3O2. The Hall–Kier alpha value is -1.10. The lowest BCUT2D eigenvalue weighted by Gasteiger charge is -2.33. The van der Waals surface area contributed by atoms with Gasteiger partial charge in [-0.25, -0.2) is 0 Å². The third-order valence-corrected chi connectivity index (χ3v) is 3.66. The Morgan fingerprint density at radius 1 is 1.11 bits per heavy atom. The second-order valence-corrected chi connectivity index (χ2v) is 5.32. The Kier molecular flexibility index (Phi) is 6.84. The molecule has 1 rings (SSSR count). The van der Waals surface area contributed by atoms with Gasteiger partial charge in [-0.2, -0.15) is 0 Å². The van der Waals surface area contributed by atoms with E-state index in [2.05, 4.69) is 12.2 Å². The monoisotopic (exact) mass is 269 g/mol. The van der Waals surface area contributed by atoms with Gasteiger partial charge in [-0.3, -0.25) is 9.59 Å². The highest BCUT2D eigenvalue weighted by Gasteiger charge is 2.28. The zero-order valence-electron chi connectivity index (χ0n) is 12.4. The van der Waals surface area contributed by atoms with Gasteiger partial charge in [0.25, 0.3) is 0 Å². The van der Waals surface area contributed by atoms with Crippen LogP contribution in [0.1, 0.15) is 39.5 Å². The van der Waals surface area contributed by atoms with E-state index in [4.69, 9.17) is 0 Å². The van der Waals surface area contributed by atoms with Crippen LogP contribution < -0.4 is 5.32 Å². The van der Waals surface area contributed by atoms with Gasteiger partial charge in [0.2, 0.25) is 11.8 Å². The van der Waals surface area contributed by atoms with Crippen LogP contribution in [0.25, 0.3) is 0 Å². The van der Waals surface area contributed by atoms with Gasteiger partial charge in [0.1, 0.15) is 0 Å². The molecule has 5 nitrogen and oxygen atoms in total. The van der Waals surface area contributed by atoms with Crippen molar-refractivity contribution in [2.24, 2.45) is 0 Å². The van der Waals surface area contributed by atoms with E-state index < -0.39 is 0 Å². The van der Waals surface area contributed by atoms with E-state index in [0.717, 1.165) is 25.7 Å². The summed E-state index contributed by atoms with van der Waals surface area (Å²) in [6.45, 7) is 6.10. The van der Waals surface area contributed by atoms with Crippen molar-refractivity contribution in [3.05, 3.63) is 0 Å². The van der Waals surface area contributed by atoms with Crippen molar-refractivity contribution in [2.45, 2.75) is 45.6 Å². The summed E-state index contributed by atoms with van der Waals surface area (Å²) in [6, 6.07) is 0.513. The summed E-state index contributed by atoms with van der Waals surface area (Å²) in [5, 5.41) is 3.20. The van der Waals surface area contributed by atoms with Crippen LogP contribution in [0.15, 0.2) is 0 Å². The second-order valence-electron chi connectivity index (χ2n) is 5.32. The Labute approximate surface area is 116 Å². The summed E-state index contributed by atoms with van der Waals surface area (Å²) >= 11 is 0. The van der Waals surface area contributed by atoms with E-state index >= 15 is 0 Å². The van der Waals surface area contributed by atoms with Gasteiger partial charge in [-0.1, -0.05) is 13.3 Å². The molecule has 1 N–H and O–H groups in total. The van der Waals surface area contributed by atoms with Crippen LogP contribution in [-0.2, 0) is 9.59 Å². The quantitative estimate of drug-likeness (QED) is 0.665. The van der Waals surface area contributed by atoms with Gasteiger partial charge in [0.05, 0.1) is 13.1 Å². The third-order valence-electron chi connectivity index (χ3n) is 3.66. The van der Waals surface area contributed by atoms with Gasteiger partial charge in [0, 0.05) is 19.1 Å². The first-order valence-electron chi connectivity index (χ1n) is 7.31. The van der Waals surface area contributed by atoms with Gasteiger partial charge in [0.15, 0.2) is 0 Å². The van der Waals surface area contributed by atoms with Crippen molar-refractivity contribution in [2.75, 3.05) is 33.2 Å². The number of hydrogen-bond acceptors (Lipinski definition) is 3. The summed E-state index contributed by atoms with van der Waals surface area (Å²) in [5.74, 6) is 0.180. The Morgan fingerprint density at radius 2 is 1.68 bits per heavy atom. The number of hydrogen-bond donors (Lipinski definition) is 1. The minimum Gasteiger partial charge on any atom is -0.332 e. The van der Waals surface area contributed by atoms with Crippen LogP contribution in [0, 0.1) is 0 Å². The van der Waals surface area contributed by atoms with Crippen molar-refractivity contribution < 1.29 is 9.59 Å². The molecule has 0 spiro atoms. The fourth-order valence-electron chi connectivity index (χ4n) is 2.28. The maximum absolute atomic E-state index is 11.9. The number of piperazine rings is 1. The van der Waals surface area contributed by atoms with Crippen LogP contribution in [0.2, 0.25) is 0 Å². The summed E-state index contributed by atoms with van der Waals surface area (Å²) in [4.78, 5) is 27.2. The van der Waals surface area contributed by atoms with E-state index in [1.54, 1.807) is 9.80 Å². The van der Waals surface area contributed by atoms with E-state index in [9.17, 15) is 9.59 Å². The summed E-state index contributed by atoms with van der Waals surface area (Å²) in [7, 11) is 1.96. The summed E-state index contributed by atoms with van der Waals surface area (Å²) in [6.07, 6.45) is 4.06. The maximum atomic E-state index is 11.9. The highest BCUT2D eigenvalue weighted by Crippen LogP contribution is 2.08. The molecule has 1 heterocycles. The van der Waals surface area contributed by atoms with Crippen LogP contribution in [0.3, 0.4) is 0 Å². The molecule has 0 bridgehead atoms. The molecule has 0 aromatic heterocycles. The van der Waals surface area contributed by atoms with Gasteiger partial charge in [-0.15, -0.1) is 0 Å². The summed E-state index contributed by atoms with van der Waals surface area (Å²) < 4.78 is 0. The molecule has 2 amide bonds. The standard InChI is InChI=1S/C14H27N3O2/c1-4-8-16-10-14(19)17(11-13(16)18)9-6-5-7-12(2)15-3/h12,15H,4-11H2,1-3H3. The van der Waals surface area contributed by atoms with E-state index in [1.165, 1.54) is 0 Å². The third kappa shape index (κ3) is 5.19. The molecular weight excluding hydrogens is 242 g/mol. The molecule has 0 saturated carbocycles. The van der Waals surface area contributed by atoms with Crippen molar-refractivity contribution in [1.82, 2.24) is 15.1 Å². The molecule has 0 aliphatic carbocycles. The van der Waals surface area contributed by atoms with E-state index in [-0.39, 0.29) is 24.9 Å². The molecule has 1 fully saturated rings. The minimum absolute atomic E-state index is 0.0880. The number of unbranched alkanes of at least 4 members (excludes halogenated alkanes) is 1. The molecule has 0 aromatic rings. The van der Waals surface area contributed by atoms with Gasteiger partial charge >= 0.3 is 0 Å². The first-order valence-corrected chi connectivity index (χ1v) is 7.31. The SMILES string of the molecule is CCCN1CC(=O)N(CCCCC(C)NC)CC1=O. The molecule has 5 heteroatoms. The first kappa shape index (κ1) is 16.0. The minimum atomic E-state index is 0.0880. The number of carbonyl (C=O) groups is 2. The van der Waals surface area contributed by atoms with Crippen LogP contribution >= 0.6 is 0 Å². The Balaban J connectivity index is 2.28. The Morgan fingerprint density at radius 3 is 2.21 bits per heavy atom. The fraction of sp³-hybridized carbons (Fsp3) is 0.857. The van der Waals surface area contributed by atoms with Crippen LogP contribution in [0.5, 0.6) is 0 Å². The van der Waals surface area contributed by atoms with Crippen molar-refractivity contribution in [3.8, 4) is 0 Å². The molecule has 1 aliphatic rings. The molecule has 1 aliphatic heterocycles. The largest absolute Gasteiger partial charge is 0.332 e. The molecule has 1 atom stereocenters. The lowest BCUT2D eigenvalue weighted by Crippen LogP contribution is -2.54. The lowest BCUT2D eigenvalue weighted by atomic mass is 10.1. The van der Waals surface area contributed by atoms with Gasteiger partial charge in [-0.05, 0) is 33.2 Å². The number of amides is 2. The average molecular weight is 269 g/mol. The lowest BCUT2D eigenvalue weighted by molar-refractivity contribution is -0.150. The number of nitrogens with one attached hydrogen (secondary N) is 1. The zero-order valence-corrected chi connectivity index (χ0v) is 12.4. The highest BCUT2D eigenvalue weighted by atomic mass is 16.2. The molecule has 1 unspecified atom stereocenters. The van der Waals surface area contributed by atoms with Crippen molar-refractivity contribution in [1.29, 1.82) is 0 Å². The van der Waals surface area contributed by atoms with E-state index in [1.807, 2.05) is 14.0 Å². The van der Waals surface area contributed by atoms with Crippen LogP contribution in [0.4, 0.5) is 0 Å². The predicted molar refractivity (Wildman–Crippen MR) is 75.8 cm³/mol. The Bertz CT molecular complexity index is 307. The number of rotatable bonds is 8. The molecule has 1 saturated heterocycles. The van der Waals surface area contributed by atoms with Gasteiger partial charge < -0.3 is 15.1 Å². The smallest absolute Gasteiger partial charge is 0.242 e. The summed E-state index contributed by atoms with van der Waals surface area (Å²) in [5.41, 5.74) is 0. The second kappa shape index (κ2) is 8.15. The average Bonchev–Trinajstić information content (AvgIpc) is 2.39. The molecule has 110 valence electrons. The maximum Gasteiger partial charge on any atom is 0.242 e. The first-order chi connectivity index (χ1) is 9.08. The normalized spacial score (nSPS) is 18.1. The van der Waals surface area contributed by atoms with Crippen molar-refractivity contribution in [3.63, 3.8) is 0 Å². The number of nitrogens with zero attached hydrogens (tertiary/aromatic N) is 2. The topological polar surface area (TPSA) is 52.7 Å². The number of carbonyl (C=O) groups excluding carboxylic acids is 2. The van der Waals surface area contributed by atoms with Crippen molar-refractivity contribution >= 4 is 11.8 Å². The van der Waals surface area contributed by atoms with Crippen LogP contribution in [-0.4, -0.2) is 60.9 Å². The van der Waals surface area contributed by atoms with E-state index in [0.29, 0.717) is 19.1 Å². The fourth-order valence-corrected chi connectivity index (χ4v) is 2.28. The molecule has 0 aromatic carbocycles. The predicted octanol–water partition coefficient (Wildman–Crippen LogP) is 0.845. The molecule has 0 radical (unpaired) electrons. The molecule has 19 heavy (non-hydrogen) atoms. The highest BCUT2D eigenvalue weighted by molar-refractivity contribution is 5.92.